The van der Waals surface area contributed by atoms with Crippen LogP contribution in [-0.2, 0) is 16.1 Å². The van der Waals surface area contributed by atoms with E-state index in [9.17, 15) is 14.7 Å². The molecule has 4 rings (SSSR count). The van der Waals surface area contributed by atoms with E-state index >= 15 is 0 Å². The van der Waals surface area contributed by atoms with E-state index in [-0.39, 0.29) is 17.9 Å². The van der Waals surface area contributed by atoms with Gasteiger partial charge in [-0.05, 0) is 36.6 Å². The lowest BCUT2D eigenvalue weighted by molar-refractivity contribution is -0.129. The van der Waals surface area contributed by atoms with E-state index in [1.807, 2.05) is 30.3 Å². The van der Waals surface area contributed by atoms with Crippen LogP contribution < -0.4 is 20.3 Å². The molecule has 3 N–H and O–H groups in total. The number of benzene rings is 1. The summed E-state index contributed by atoms with van der Waals surface area (Å²) in [5.74, 6) is 0.784. The number of carbonyl (C=O) groups excluding carboxylic acids is 2. The van der Waals surface area contributed by atoms with E-state index in [1.54, 1.807) is 12.3 Å². The summed E-state index contributed by atoms with van der Waals surface area (Å²) in [6.07, 6.45) is 4.04. The first-order valence-electron chi connectivity index (χ1n) is 10.7. The van der Waals surface area contributed by atoms with Crippen LogP contribution in [0, 0.1) is 0 Å². The molecule has 1 aromatic carbocycles. The van der Waals surface area contributed by atoms with Crippen LogP contribution in [0.3, 0.4) is 0 Å². The molecule has 8 nitrogen and oxygen atoms in total. The van der Waals surface area contributed by atoms with E-state index in [4.69, 9.17) is 4.74 Å². The Morgan fingerprint density at radius 3 is 2.74 bits per heavy atom. The quantitative estimate of drug-likeness (QED) is 0.680. The molecule has 0 bridgehead atoms. The monoisotopic (exact) mass is 424 g/mol. The van der Waals surface area contributed by atoms with Gasteiger partial charge in [0.15, 0.2) is 6.10 Å². The van der Waals surface area contributed by atoms with Gasteiger partial charge in [0, 0.05) is 19.7 Å². The topological polar surface area (TPSA) is 104 Å². The number of anilines is 2. The van der Waals surface area contributed by atoms with Gasteiger partial charge >= 0.3 is 0 Å². The molecule has 2 amide bonds. The third-order valence-corrected chi connectivity index (χ3v) is 5.71. The average molecular weight is 425 g/mol. The number of para-hydroxylation sites is 2. The Hall–Kier alpha value is -3.13. The van der Waals surface area contributed by atoms with Crippen molar-refractivity contribution < 1.29 is 19.4 Å². The summed E-state index contributed by atoms with van der Waals surface area (Å²) in [5.41, 5.74) is 1.86. The highest BCUT2D eigenvalue weighted by Crippen LogP contribution is 2.34. The maximum Gasteiger partial charge on any atom is 0.263 e. The van der Waals surface area contributed by atoms with Crippen LogP contribution >= 0.6 is 0 Å². The molecule has 1 fully saturated rings. The zero-order chi connectivity index (χ0) is 21.8. The van der Waals surface area contributed by atoms with Gasteiger partial charge in [0.05, 0.1) is 24.4 Å². The summed E-state index contributed by atoms with van der Waals surface area (Å²) >= 11 is 0. The predicted molar refractivity (Wildman–Crippen MR) is 117 cm³/mol. The smallest absolute Gasteiger partial charge is 0.263 e. The van der Waals surface area contributed by atoms with Crippen molar-refractivity contribution >= 4 is 23.3 Å². The zero-order valence-corrected chi connectivity index (χ0v) is 17.6. The van der Waals surface area contributed by atoms with E-state index in [0.717, 1.165) is 30.5 Å². The van der Waals surface area contributed by atoms with E-state index in [2.05, 4.69) is 20.5 Å². The Morgan fingerprint density at radius 1 is 1.19 bits per heavy atom. The van der Waals surface area contributed by atoms with Gasteiger partial charge in [0.1, 0.15) is 11.6 Å². The Balaban J connectivity index is 1.48. The highest BCUT2D eigenvalue weighted by atomic mass is 16.5. The second-order valence-corrected chi connectivity index (χ2v) is 8.15. The zero-order valence-electron chi connectivity index (χ0n) is 17.6. The van der Waals surface area contributed by atoms with E-state index in [0.29, 0.717) is 31.1 Å². The first-order valence-corrected chi connectivity index (χ1v) is 10.7. The second-order valence-electron chi connectivity index (χ2n) is 8.15. The Bertz CT molecular complexity index is 933. The summed E-state index contributed by atoms with van der Waals surface area (Å²) in [5, 5.41) is 15.8. The number of ether oxygens (including phenoxy) is 1. The van der Waals surface area contributed by atoms with Crippen molar-refractivity contribution in [3.63, 3.8) is 0 Å². The summed E-state index contributed by atoms with van der Waals surface area (Å²) in [6.45, 7) is 2.38. The number of aliphatic hydroxyl groups is 1. The fourth-order valence-electron chi connectivity index (χ4n) is 4.14. The molecule has 1 unspecified atom stereocenters. The van der Waals surface area contributed by atoms with Crippen LogP contribution in [0.2, 0.25) is 0 Å². The number of pyridine rings is 1. The van der Waals surface area contributed by atoms with Gasteiger partial charge in [-0.2, -0.15) is 0 Å². The molecule has 3 atom stereocenters. The Morgan fingerprint density at radius 2 is 2.00 bits per heavy atom. The van der Waals surface area contributed by atoms with Crippen molar-refractivity contribution in [2.75, 3.05) is 16.8 Å². The summed E-state index contributed by atoms with van der Waals surface area (Å²) in [7, 11) is 0. The van der Waals surface area contributed by atoms with Crippen molar-refractivity contribution in [1.82, 2.24) is 10.3 Å². The standard InChI is InChI=1S/C23H28N4O4/c1-15(28)25-22-11-10-16(12-24-22)13-27-14-21(31-20-9-5-3-7-18(20)27)23(30)26-17-6-2-4-8-19(17)29/h3,5,7,9-12,17,19,21,29H,2,4,6,8,13-14H2,1H3,(H,26,30)(H,24,25,28)/t17-,19-,21?/m0/s1. The number of nitrogens with one attached hydrogen (secondary N) is 2. The van der Waals surface area contributed by atoms with Crippen LogP contribution in [0.4, 0.5) is 11.5 Å². The lowest BCUT2D eigenvalue weighted by Gasteiger charge is -2.37. The molecular weight excluding hydrogens is 396 g/mol. The molecule has 31 heavy (non-hydrogen) atoms. The molecule has 1 aliphatic heterocycles. The van der Waals surface area contributed by atoms with Gasteiger partial charge in [-0.25, -0.2) is 4.98 Å². The maximum absolute atomic E-state index is 12.9. The number of rotatable bonds is 5. The van der Waals surface area contributed by atoms with Crippen LogP contribution in [0.5, 0.6) is 5.75 Å². The third-order valence-electron chi connectivity index (χ3n) is 5.71. The lowest BCUT2D eigenvalue weighted by atomic mass is 9.92. The molecule has 0 radical (unpaired) electrons. The first kappa shape index (κ1) is 21.1. The largest absolute Gasteiger partial charge is 0.477 e. The molecular formula is C23H28N4O4. The van der Waals surface area contributed by atoms with Crippen molar-refractivity contribution in [3.8, 4) is 5.75 Å². The van der Waals surface area contributed by atoms with Crippen molar-refractivity contribution in [1.29, 1.82) is 0 Å². The molecule has 0 spiro atoms. The number of hydrogen-bond acceptors (Lipinski definition) is 6. The third kappa shape index (κ3) is 5.14. The normalized spacial score (nSPS) is 22.8. The van der Waals surface area contributed by atoms with Gasteiger partial charge in [0.2, 0.25) is 5.91 Å². The molecule has 1 saturated carbocycles. The summed E-state index contributed by atoms with van der Waals surface area (Å²) in [6, 6.07) is 11.1. The number of aromatic nitrogens is 1. The highest BCUT2D eigenvalue weighted by Gasteiger charge is 2.33. The summed E-state index contributed by atoms with van der Waals surface area (Å²) < 4.78 is 6.00. The van der Waals surface area contributed by atoms with Crippen molar-refractivity contribution in [2.45, 2.75) is 57.4 Å². The van der Waals surface area contributed by atoms with Crippen molar-refractivity contribution in [2.24, 2.45) is 0 Å². The number of fused-ring (bicyclic) bond motifs is 1. The highest BCUT2D eigenvalue weighted by molar-refractivity contribution is 5.87. The number of amides is 2. The lowest BCUT2D eigenvalue weighted by Crippen LogP contribution is -2.54. The fraction of sp³-hybridized carbons (Fsp3) is 0.435. The molecule has 2 heterocycles. The Kier molecular flexibility index (Phi) is 6.36. The first-order chi connectivity index (χ1) is 15.0. The molecule has 0 saturated heterocycles. The number of carbonyl (C=O) groups is 2. The number of nitrogens with zero attached hydrogens (tertiary/aromatic N) is 2. The van der Waals surface area contributed by atoms with Crippen LogP contribution in [-0.4, -0.2) is 46.7 Å². The van der Waals surface area contributed by atoms with Gasteiger partial charge in [-0.3, -0.25) is 9.59 Å². The molecule has 164 valence electrons. The Labute approximate surface area is 181 Å². The molecule has 1 aliphatic carbocycles. The number of hydrogen-bond donors (Lipinski definition) is 3. The predicted octanol–water partition coefficient (Wildman–Crippen LogP) is 2.23. The minimum Gasteiger partial charge on any atom is -0.477 e. The fourth-order valence-corrected chi connectivity index (χ4v) is 4.14. The average Bonchev–Trinajstić information content (AvgIpc) is 2.76. The molecule has 8 heteroatoms. The van der Waals surface area contributed by atoms with Gasteiger partial charge in [-0.15, -0.1) is 0 Å². The van der Waals surface area contributed by atoms with Gasteiger partial charge in [-0.1, -0.05) is 31.0 Å². The SMILES string of the molecule is CC(=O)Nc1ccc(CN2CC(C(=O)N[C@H]3CCCC[C@@H]3O)Oc3ccccc32)cn1. The molecule has 2 aromatic rings. The van der Waals surface area contributed by atoms with E-state index in [1.165, 1.54) is 6.92 Å². The van der Waals surface area contributed by atoms with Crippen LogP contribution in [0.25, 0.3) is 0 Å². The maximum atomic E-state index is 12.9. The van der Waals surface area contributed by atoms with Gasteiger partial charge in [0.25, 0.3) is 5.91 Å². The van der Waals surface area contributed by atoms with Crippen LogP contribution in [0.15, 0.2) is 42.6 Å². The van der Waals surface area contributed by atoms with Gasteiger partial charge < -0.3 is 25.4 Å². The summed E-state index contributed by atoms with van der Waals surface area (Å²) in [4.78, 5) is 30.5. The molecule has 2 aliphatic rings. The molecule has 1 aromatic heterocycles. The van der Waals surface area contributed by atoms with Crippen molar-refractivity contribution in [3.05, 3.63) is 48.2 Å². The van der Waals surface area contributed by atoms with E-state index < -0.39 is 12.2 Å². The minimum atomic E-state index is -0.671. The number of aliphatic hydroxyl groups excluding tert-OH is 1. The minimum absolute atomic E-state index is 0.167. The second kappa shape index (κ2) is 9.34. The van der Waals surface area contributed by atoms with Crippen LogP contribution in [0.1, 0.15) is 38.2 Å².